The number of carbonyl (C=O) groups is 1. The van der Waals surface area contributed by atoms with Crippen LogP contribution in [0.1, 0.15) is 39.0 Å². The molecule has 3 N–H and O–H groups in total. The van der Waals surface area contributed by atoms with Gasteiger partial charge in [-0.1, -0.05) is 0 Å². The Balaban J connectivity index is 2.38. The molecule has 0 aliphatic heterocycles. The zero-order valence-electron chi connectivity index (χ0n) is 8.66. The van der Waals surface area contributed by atoms with Crippen molar-refractivity contribution in [2.24, 2.45) is 5.73 Å². The van der Waals surface area contributed by atoms with Crippen molar-refractivity contribution in [3.8, 4) is 0 Å². The Morgan fingerprint density at radius 2 is 2.14 bits per heavy atom. The molecule has 0 amide bonds. The summed E-state index contributed by atoms with van der Waals surface area (Å²) in [6, 6.07) is 0.178. The molecular weight excluding hydrogens is 182 g/mol. The average molecular weight is 201 g/mol. The smallest absolute Gasteiger partial charge is 0.308 e. The molecule has 0 atom stereocenters. The van der Waals surface area contributed by atoms with Crippen LogP contribution < -0.4 is 5.73 Å². The monoisotopic (exact) mass is 201 g/mol. The molecule has 82 valence electrons. The first-order valence-electron chi connectivity index (χ1n) is 5.19. The van der Waals surface area contributed by atoms with Gasteiger partial charge in [0.2, 0.25) is 0 Å². The summed E-state index contributed by atoms with van der Waals surface area (Å²) in [6.45, 7) is 2.13. The Bertz CT molecular complexity index is 198. The summed E-state index contributed by atoms with van der Waals surface area (Å²) >= 11 is 0. The normalized spacial score (nSPS) is 32.6. The lowest BCUT2D eigenvalue weighted by molar-refractivity contribution is -0.150. The fraction of sp³-hybridized carbons (Fsp3) is 0.900. The van der Waals surface area contributed by atoms with E-state index in [0.29, 0.717) is 19.4 Å². The Morgan fingerprint density at radius 1 is 1.57 bits per heavy atom. The summed E-state index contributed by atoms with van der Waals surface area (Å²) in [4.78, 5) is 11.2. The molecule has 1 aliphatic rings. The molecule has 1 saturated carbocycles. The maximum atomic E-state index is 11.2. The highest BCUT2D eigenvalue weighted by Crippen LogP contribution is 2.30. The molecule has 0 radical (unpaired) electrons. The molecule has 0 heterocycles. The Kier molecular flexibility index (Phi) is 3.89. The molecule has 0 aromatic carbocycles. The zero-order valence-corrected chi connectivity index (χ0v) is 8.66. The first-order valence-corrected chi connectivity index (χ1v) is 5.19. The van der Waals surface area contributed by atoms with Crippen LogP contribution in [-0.4, -0.2) is 29.3 Å². The molecule has 0 spiro atoms. The molecule has 0 bridgehead atoms. The lowest BCUT2D eigenvalue weighted by atomic mass is 9.80. The van der Waals surface area contributed by atoms with Crippen LogP contribution in [0.2, 0.25) is 0 Å². The van der Waals surface area contributed by atoms with E-state index in [2.05, 4.69) is 0 Å². The minimum atomic E-state index is -0.873. The Hall–Kier alpha value is -0.610. The number of nitrogens with two attached hydrogens (primary N) is 1. The maximum Gasteiger partial charge on any atom is 0.308 e. The van der Waals surface area contributed by atoms with Crippen LogP contribution in [0.15, 0.2) is 0 Å². The summed E-state index contributed by atoms with van der Waals surface area (Å²) in [5.74, 6) is -0.314. The van der Waals surface area contributed by atoms with E-state index in [1.165, 1.54) is 0 Å². The first-order chi connectivity index (χ1) is 6.56. The number of ether oxygens (including phenoxy) is 1. The molecule has 1 fully saturated rings. The summed E-state index contributed by atoms with van der Waals surface area (Å²) < 4.78 is 4.81. The quantitative estimate of drug-likeness (QED) is 0.655. The minimum Gasteiger partial charge on any atom is -0.466 e. The van der Waals surface area contributed by atoms with Crippen LogP contribution in [0, 0.1) is 0 Å². The number of rotatable bonds is 3. The van der Waals surface area contributed by atoms with Crippen molar-refractivity contribution >= 4 is 5.97 Å². The molecule has 4 nitrogen and oxygen atoms in total. The molecule has 1 aliphatic carbocycles. The van der Waals surface area contributed by atoms with Crippen LogP contribution in [-0.2, 0) is 9.53 Å². The van der Waals surface area contributed by atoms with Crippen molar-refractivity contribution in [3.05, 3.63) is 0 Å². The van der Waals surface area contributed by atoms with Gasteiger partial charge in [0.1, 0.15) is 0 Å². The molecular formula is C10H19NO3. The van der Waals surface area contributed by atoms with E-state index in [4.69, 9.17) is 10.5 Å². The number of carbonyl (C=O) groups excluding carboxylic acids is 1. The third kappa shape index (κ3) is 3.27. The van der Waals surface area contributed by atoms with E-state index >= 15 is 0 Å². The van der Waals surface area contributed by atoms with Crippen molar-refractivity contribution in [3.63, 3.8) is 0 Å². The molecule has 4 heteroatoms. The second-order valence-electron chi connectivity index (χ2n) is 4.04. The van der Waals surface area contributed by atoms with Crippen LogP contribution in [0.5, 0.6) is 0 Å². The number of hydrogen-bond donors (Lipinski definition) is 2. The Labute approximate surface area is 84.4 Å². The zero-order chi connectivity index (χ0) is 10.6. The van der Waals surface area contributed by atoms with Crippen molar-refractivity contribution < 1.29 is 14.6 Å². The highest BCUT2D eigenvalue weighted by Gasteiger charge is 2.34. The maximum absolute atomic E-state index is 11.2. The summed E-state index contributed by atoms with van der Waals surface area (Å²) in [6.07, 6.45) is 2.89. The molecule has 0 unspecified atom stereocenters. The van der Waals surface area contributed by atoms with Crippen molar-refractivity contribution in [1.82, 2.24) is 0 Å². The second kappa shape index (κ2) is 4.75. The van der Waals surface area contributed by atoms with Gasteiger partial charge in [0.25, 0.3) is 0 Å². The topological polar surface area (TPSA) is 72.5 Å². The van der Waals surface area contributed by atoms with Gasteiger partial charge in [-0.15, -0.1) is 0 Å². The van der Waals surface area contributed by atoms with E-state index in [0.717, 1.165) is 12.8 Å². The van der Waals surface area contributed by atoms with E-state index < -0.39 is 5.60 Å². The van der Waals surface area contributed by atoms with Gasteiger partial charge in [0, 0.05) is 6.04 Å². The van der Waals surface area contributed by atoms with Gasteiger partial charge in [0.05, 0.1) is 18.6 Å². The van der Waals surface area contributed by atoms with Crippen molar-refractivity contribution in [2.45, 2.75) is 50.7 Å². The van der Waals surface area contributed by atoms with Crippen LogP contribution >= 0.6 is 0 Å². The predicted molar refractivity (Wildman–Crippen MR) is 52.6 cm³/mol. The lowest BCUT2D eigenvalue weighted by Crippen LogP contribution is -2.40. The van der Waals surface area contributed by atoms with Gasteiger partial charge < -0.3 is 15.6 Å². The molecule has 0 aromatic heterocycles. The third-order valence-electron chi connectivity index (χ3n) is 2.74. The standard InChI is InChI=1S/C10H19NO3/c1-2-14-9(12)7-10(13)5-3-8(11)4-6-10/h8,13H,2-7,11H2,1H3. The van der Waals surface area contributed by atoms with Crippen LogP contribution in [0.3, 0.4) is 0 Å². The average Bonchev–Trinajstić information content (AvgIpc) is 2.11. The van der Waals surface area contributed by atoms with Gasteiger partial charge in [-0.2, -0.15) is 0 Å². The van der Waals surface area contributed by atoms with E-state index in [-0.39, 0.29) is 18.4 Å². The fourth-order valence-corrected chi connectivity index (χ4v) is 1.83. The highest BCUT2D eigenvalue weighted by atomic mass is 16.5. The third-order valence-corrected chi connectivity index (χ3v) is 2.74. The SMILES string of the molecule is CCOC(=O)CC1(O)CCC(N)CC1. The van der Waals surface area contributed by atoms with Crippen molar-refractivity contribution in [1.29, 1.82) is 0 Å². The lowest BCUT2D eigenvalue weighted by Gasteiger charge is -2.33. The molecule has 0 aromatic rings. The minimum absolute atomic E-state index is 0.105. The molecule has 0 saturated heterocycles. The van der Waals surface area contributed by atoms with E-state index in [1.807, 2.05) is 0 Å². The van der Waals surface area contributed by atoms with Gasteiger partial charge >= 0.3 is 5.97 Å². The number of esters is 1. The number of hydrogen-bond acceptors (Lipinski definition) is 4. The highest BCUT2D eigenvalue weighted by molar-refractivity contribution is 5.70. The summed E-state index contributed by atoms with van der Waals surface area (Å²) in [5.41, 5.74) is 4.85. The summed E-state index contributed by atoms with van der Waals surface area (Å²) in [7, 11) is 0. The van der Waals surface area contributed by atoms with Gasteiger partial charge in [-0.3, -0.25) is 4.79 Å². The first kappa shape index (κ1) is 11.5. The summed E-state index contributed by atoms with van der Waals surface area (Å²) in [5, 5.41) is 10.0. The largest absolute Gasteiger partial charge is 0.466 e. The van der Waals surface area contributed by atoms with E-state index in [9.17, 15) is 9.90 Å². The van der Waals surface area contributed by atoms with Gasteiger partial charge in [-0.25, -0.2) is 0 Å². The van der Waals surface area contributed by atoms with Crippen LogP contribution in [0.25, 0.3) is 0 Å². The van der Waals surface area contributed by atoms with E-state index in [1.54, 1.807) is 6.92 Å². The second-order valence-corrected chi connectivity index (χ2v) is 4.04. The van der Waals surface area contributed by atoms with Crippen LogP contribution in [0.4, 0.5) is 0 Å². The predicted octanol–water partition coefficient (Wildman–Crippen LogP) is 0.572. The number of aliphatic hydroxyl groups is 1. The molecule has 1 rings (SSSR count). The molecule has 14 heavy (non-hydrogen) atoms. The van der Waals surface area contributed by atoms with Crippen molar-refractivity contribution in [2.75, 3.05) is 6.61 Å². The Morgan fingerprint density at radius 3 is 2.64 bits per heavy atom. The van der Waals surface area contributed by atoms with Gasteiger partial charge in [-0.05, 0) is 32.6 Å². The fourth-order valence-electron chi connectivity index (χ4n) is 1.83. The van der Waals surface area contributed by atoms with Gasteiger partial charge in [0.15, 0.2) is 0 Å².